The van der Waals surface area contributed by atoms with Crippen molar-refractivity contribution in [1.29, 1.82) is 0 Å². The summed E-state index contributed by atoms with van der Waals surface area (Å²) in [5, 5.41) is 0. The van der Waals surface area contributed by atoms with Gasteiger partial charge in [-0.3, -0.25) is 0 Å². The first-order chi connectivity index (χ1) is 13.5. The fourth-order valence-electron chi connectivity index (χ4n) is 3.94. The molecule has 0 radical (unpaired) electrons. The lowest BCUT2D eigenvalue weighted by Crippen LogP contribution is -2.46. The maximum atomic E-state index is 13.0. The van der Waals surface area contributed by atoms with E-state index in [1.807, 2.05) is 25.1 Å². The average Bonchev–Trinajstić information content (AvgIpc) is 2.72. The highest BCUT2D eigenvalue weighted by Gasteiger charge is 2.32. The summed E-state index contributed by atoms with van der Waals surface area (Å²) in [5.74, 6) is 0.545. The summed E-state index contributed by atoms with van der Waals surface area (Å²) in [7, 11) is -3.54. The minimum absolute atomic E-state index is 0.0843. The predicted molar refractivity (Wildman–Crippen MR) is 113 cm³/mol. The van der Waals surface area contributed by atoms with Gasteiger partial charge in [0.1, 0.15) is 0 Å². The smallest absolute Gasteiger partial charge is 0.240 e. The van der Waals surface area contributed by atoms with Crippen LogP contribution in [0.15, 0.2) is 59.5 Å². The summed E-state index contributed by atoms with van der Waals surface area (Å²) >= 11 is 0. The van der Waals surface area contributed by atoms with Crippen LogP contribution in [0.5, 0.6) is 0 Å². The third-order valence-electron chi connectivity index (χ3n) is 5.74. The van der Waals surface area contributed by atoms with Gasteiger partial charge in [-0.15, -0.1) is 0 Å². The van der Waals surface area contributed by atoms with Gasteiger partial charge >= 0.3 is 0 Å². The van der Waals surface area contributed by atoms with Crippen molar-refractivity contribution in [1.82, 2.24) is 4.72 Å². The van der Waals surface area contributed by atoms with Crippen LogP contribution in [-0.2, 0) is 21.2 Å². The number of aryl methyl sites for hydroxylation is 2. The Morgan fingerprint density at radius 2 is 1.68 bits per heavy atom. The van der Waals surface area contributed by atoms with Gasteiger partial charge in [0.15, 0.2) is 0 Å². The third-order valence-corrected chi connectivity index (χ3v) is 7.22. The summed E-state index contributed by atoms with van der Waals surface area (Å²) in [6.07, 6.45) is 3.70. The van der Waals surface area contributed by atoms with Crippen LogP contribution >= 0.6 is 0 Å². The molecule has 3 rings (SSSR count). The van der Waals surface area contributed by atoms with Crippen molar-refractivity contribution in [3.8, 4) is 0 Å². The van der Waals surface area contributed by atoms with E-state index in [2.05, 4.69) is 35.9 Å². The van der Waals surface area contributed by atoms with Gasteiger partial charge < -0.3 is 4.74 Å². The van der Waals surface area contributed by atoms with Crippen LogP contribution in [0, 0.1) is 18.8 Å². The number of hydrogen-bond acceptors (Lipinski definition) is 3. The molecule has 2 aromatic rings. The SMILES string of the molecule is Cc1ccc(S(=O)(=O)NC(C(C)CCc2ccccc2)C2CCOCC2)cc1. The van der Waals surface area contributed by atoms with Crippen molar-refractivity contribution in [2.75, 3.05) is 13.2 Å². The predicted octanol–water partition coefficient (Wildman–Crippen LogP) is 4.34. The van der Waals surface area contributed by atoms with Gasteiger partial charge in [0.2, 0.25) is 10.0 Å². The minimum atomic E-state index is -3.54. The second-order valence-corrected chi connectivity index (χ2v) is 9.63. The Morgan fingerprint density at radius 3 is 2.32 bits per heavy atom. The lowest BCUT2D eigenvalue weighted by molar-refractivity contribution is 0.0489. The van der Waals surface area contributed by atoms with Crippen molar-refractivity contribution in [3.63, 3.8) is 0 Å². The van der Waals surface area contributed by atoms with Crippen molar-refractivity contribution in [3.05, 3.63) is 65.7 Å². The number of ether oxygens (including phenoxy) is 1. The zero-order valence-electron chi connectivity index (χ0n) is 16.8. The van der Waals surface area contributed by atoms with Crippen LogP contribution in [0.2, 0.25) is 0 Å². The maximum absolute atomic E-state index is 13.0. The first kappa shape index (κ1) is 21.0. The van der Waals surface area contributed by atoms with Crippen molar-refractivity contribution in [2.45, 2.75) is 50.5 Å². The first-order valence-electron chi connectivity index (χ1n) is 10.2. The summed E-state index contributed by atoms with van der Waals surface area (Å²) in [6, 6.07) is 17.4. The van der Waals surface area contributed by atoms with Crippen LogP contribution in [0.3, 0.4) is 0 Å². The van der Waals surface area contributed by atoms with Crippen molar-refractivity contribution < 1.29 is 13.2 Å². The molecule has 1 heterocycles. The highest BCUT2D eigenvalue weighted by molar-refractivity contribution is 7.89. The quantitative estimate of drug-likeness (QED) is 0.716. The molecule has 152 valence electrons. The highest BCUT2D eigenvalue weighted by Crippen LogP contribution is 2.28. The van der Waals surface area contributed by atoms with E-state index >= 15 is 0 Å². The fourth-order valence-corrected chi connectivity index (χ4v) is 5.35. The van der Waals surface area contributed by atoms with E-state index < -0.39 is 10.0 Å². The maximum Gasteiger partial charge on any atom is 0.240 e. The van der Waals surface area contributed by atoms with Crippen LogP contribution < -0.4 is 4.72 Å². The second kappa shape index (κ2) is 9.68. The first-order valence-corrected chi connectivity index (χ1v) is 11.6. The molecule has 28 heavy (non-hydrogen) atoms. The molecule has 2 aromatic carbocycles. The molecule has 2 unspecified atom stereocenters. The molecule has 1 fully saturated rings. The van der Waals surface area contributed by atoms with Gasteiger partial charge in [0.25, 0.3) is 0 Å². The van der Waals surface area contributed by atoms with Gasteiger partial charge in [-0.05, 0) is 62.1 Å². The molecule has 1 saturated heterocycles. The van der Waals surface area contributed by atoms with Crippen molar-refractivity contribution >= 4 is 10.0 Å². The Kier molecular flexibility index (Phi) is 7.27. The Bertz CT molecular complexity index is 828. The Labute approximate surface area is 169 Å². The van der Waals surface area contributed by atoms with Crippen LogP contribution in [0.25, 0.3) is 0 Å². The number of nitrogens with one attached hydrogen (secondary N) is 1. The Balaban J connectivity index is 1.75. The topological polar surface area (TPSA) is 55.4 Å². The molecule has 0 saturated carbocycles. The monoisotopic (exact) mass is 401 g/mol. The largest absolute Gasteiger partial charge is 0.381 e. The van der Waals surface area contributed by atoms with Gasteiger partial charge in [-0.25, -0.2) is 13.1 Å². The standard InChI is InChI=1S/C23H31NO3S/c1-18-8-12-22(13-9-18)28(25,26)24-23(21-14-16-27-17-15-21)19(2)10-11-20-6-4-3-5-7-20/h3-9,12-13,19,21,23-24H,10-11,14-17H2,1-2H3. The van der Waals surface area contributed by atoms with Gasteiger partial charge in [0.05, 0.1) is 4.90 Å². The molecular weight excluding hydrogens is 370 g/mol. The van der Waals surface area contributed by atoms with E-state index in [-0.39, 0.29) is 12.0 Å². The molecule has 1 aliphatic heterocycles. The molecule has 1 N–H and O–H groups in total. The Hall–Kier alpha value is -1.69. The average molecular weight is 402 g/mol. The van der Waals surface area contributed by atoms with E-state index in [4.69, 9.17) is 4.74 Å². The summed E-state index contributed by atoms with van der Waals surface area (Å²) in [5.41, 5.74) is 2.35. The number of rotatable bonds is 8. The normalized spacial score (nSPS) is 17.9. The molecule has 0 aromatic heterocycles. The minimum Gasteiger partial charge on any atom is -0.381 e. The van der Waals surface area contributed by atoms with E-state index in [1.54, 1.807) is 12.1 Å². The van der Waals surface area contributed by atoms with E-state index in [0.717, 1.165) is 31.2 Å². The fraction of sp³-hybridized carbons (Fsp3) is 0.478. The zero-order chi connectivity index (χ0) is 20.0. The second-order valence-electron chi connectivity index (χ2n) is 7.91. The molecule has 0 spiro atoms. The molecule has 0 amide bonds. The van der Waals surface area contributed by atoms with E-state index in [9.17, 15) is 8.42 Å². The molecule has 1 aliphatic rings. The van der Waals surface area contributed by atoms with Crippen LogP contribution in [-0.4, -0.2) is 27.7 Å². The molecule has 2 atom stereocenters. The lowest BCUT2D eigenvalue weighted by atomic mass is 9.82. The summed E-state index contributed by atoms with van der Waals surface area (Å²) in [6.45, 7) is 5.54. The van der Waals surface area contributed by atoms with E-state index in [1.165, 1.54) is 5.56 Å². The molecule has 5 heteroatoms. The molecule has 0 aliphatic carbocycles. The highest BCUT2D eigenvalue weighted by atomic mass is 32.2. The van der Waals surface area contributed by atoms with Crippen molar-refractivity contribution in [2.24, 2.45) is 11.8 Å². The number of sulfonamides is 1. The zero-order valence-corrected chi connectivity index (χ0v) is 17.6. The summed E-state index contributed by atoms with van der Waals surface area (Å²) in [4.78, 5) is 0.338. The Morgan fingerprint density at radius 1 is 1.04 bits per heavy atom. The summed E-state index contributed by atoms with van der Waals surface area (Å²) < 4.78 is 34.6. The molecule has 4 nitrogen and oxygen atoms in total. The van der Waals surface area contributed by atoms with E-state index in [0.29, 0.717) is 24.0 Å². The number of benzene rings is 2. The van der Waals surface area contributed by atoms with Gasteiger partial charge in [0, 0.05) is 19.3 Å². The van der Waals surface area contributed by atoms with Crippen LogP contribution in [0.1, 0.15) is 37.3 Å². The lowest BCUT2D eigenvalue weighted by Gasteiger charge is -2.35. The third kappa shape index (κ3) is 5.66. The molecular formula is C23H31NO3S. The molecule has 0 bridgehead atoms. The van der Waals surface area contributed by atoms with Crippen LogP contribution in [0.4, 0.5) is 0 Å². The van der Waals surface area contributed by atoms with Gasteiger partial charge in [-0.2, -0.15) is 0 Å². The number of hydrogen-bond donors (Lipinski definition) is 1. The van der Waals surface area contributed by atoms with Gasteiger partial charge in [-0.1, -0.05) is 55.0 Å².